The maximum absolute atomic E-state index is 11.3. The summed E-state index contributed by atoms with van der Waals surface area (Å²) in [6.45, 7) is 3.39. The Morgan fingerprint density at radius 1 is 1.17 bits per heavy atom. The lowest BCUT2D eigenvalue weighted by Gasteiger charge is -2.47. The number of aliphatic hydroxyl groups excluding tert-OH is 4. The second-order valence-corrected chi connectivity index (χ2v) is 7.73. The summed E-state index contributed by atoms with van der Waals surface area (Å²) < 4.78 is 16.4. The molecule has 0 radical (unpaired) electrons. The van der Waals surface area contributed by atoms with Gasteiger partial charge in [-0.1, -0.05) is 23.8 Å². The predicted octanol–water partition coefficient (Wildman–Crippen LogP) is -1.57. The monoisotopic (exact) mass is 364 g/mol. The molecule has 2 rings (SSSR count). The van der Waals surface area contributed by atoms with Crippen molar-refractivity contribution in [3.05, 3.63) is 34.9 Å². The number of rotatable bonds is 3. The van der Waals surface area contributed by atoms with E-state index in [9.17, 15) is 30.1 Å². The standard InChI is InChI=1S/C14H21O9P/c1-6-3-4-8(7(2)5-6)14(19)12(17)10(16)9(15)11(23-14)13(18)24(20,21)22/h3-5,9-13,15-19H,1-2H3,(H2,20,21,22)/t9-,10-,11-,12-,13?,14?/m0/s1. The van der Waals surface area contributed by atoms with Gasteiger partial charge in [0, 0.05) is 5.56 Å². The minimum absolute atomic E-state index is 0.0365. The van der Waals surface area contributed by atoms with Crippen molar-refractivity contribution in [1.82, 2.24) is 0 Å². The Morgan fingerprint density at radius 3 is 2.25 bits per heavy atom. The highest BCUT2D eigenvalue weighted by Crippen LogP contribution is 2.47. The molecule has 0 amide bonds. The molecule has 2 unspecified atom stereocenters. The number of benzene rings is 1. The molecule has 0 bridgehead atoms. The molecule has 1 fully saturated rings. The van der Waals surface area contributed by atoms with Gasteiger partial charge in [-0.25, -0.2) is 0 Å². The third-order valence-electron chi connectivity index (χ3n) is 4.13. The van der Waals surface area contributed by atoms with Gasteiger partial charge in [-0.2, -0.15) is 0 Å². The lowest BCUT2D eigenvalue weighted by atomic mass is 9.86. The van der Waals surface area contributed by atoms with Crippen LogP contribution in [0.1, 0.15) is 16.7 Å². The fraction of sp³-hybridized carbons (Fsp3) is 0.571. The zero-order valence-electron chi connectivity index (χ0n) is 13.0. The number of ether oxygens (including phenoxy) is 1. The molecule has 0 aromatic heterocycles. The maximum Gasteiger partial charge on any atom is 0.356 e. The predicted molar refractivity (Wildman–Crippen MR) is 80.8 cm³/mol. The van der Waals surface area contributed by atoms with Crippen LogP contribution in [0.25, 0.3) is 0 Å². The molecule has 0 aliphatic carbocycles. The van der Waals surface area contributed by atoms with Gasteiger partial charge in [0.25, 0.3) is 0 Å². The minimum atomic E-state index is -5.11. The van der Waals surface area contributed by atoms with Crippen LogP contribution in [0.5, 0.6) is 0 Å². The first-order valence-corrected chi connectivity index (χ1v) is 8.83. The molecule has 1 aromatic rings. The third kappa shape index (κ3) is 3.28. The topological polar surface area (TPSA) is 168 Å². The largest absolute Gasteiger partial charge is 0.387 e. The van der Waals surface area contributed by atoms with Gasteiger partial charge in [0.1, 0.15) is 24.4 Å². The van der Waals surface area contributed by atoms with Crippen LogP contribution in [0.15, 0.2) is 18.2 Å². The highest BCUT2D eigenvalue weighted by Gasteiger charge is 2.58. The average Bonchev–Trinajstić information content (AvgIpc) is 2.47. The van der Waals surface area contributed by atoms with E-state index >= 15 is 0 Å². The summed E-state index contributed by atoms with van der Waals surface area (Å²) in [5.74, 6) is -5.07. The molecule has 1 aromatic carbocycles. The first-order chi connectivity index (χ1) is 10.9. The van der Waals surface area contributed by atoms with E-state index in [-0.39, 0.29) is 5.56 Å². The van der Waals surface area contributed by atoms with Crippen molar-refractivity contribution in [2.45, 2.75) is 49.9 Å². The lowest BCUT2D eigenvalue weighted by Crippen LogP contribution is -2.65. The summed E-state index contributed by atoms with van der Waals surface area (Å²) in [5.41, 5.74) is 1.36. The Balaban J connectivity index is 2.50. The van der Waals surface area contributed by atoms with Crippen LogP contribution in [0.3, 0.4) is 0 Å². The first kappa shape index (κ1) is 19.5. The lowest BCUT2D eigenvalue weighted by molar-refractivity contribution is -0.361. The number of aryl methyl sites for hydroxylation is 2. The van der Waals surface area contributed by atoms with E-state index in [0.29, 0.717) is 5.56 Å². The van der Waals surface area contributed by atoms with E-state index in [0.717, 1.165) is 5.56 Å². The average molecular weight is 364 g/mol. The summed E-state index contributed by atoms with van der Waals surface area (Å²) in [7, 11) is -5.11. The van der Waals surface area contributed by atoms with Gasteiger partial charge in [0.05, 0.1) is 0 Å². The van der Waals surface area contributed by atoms with Gasteiger partial charge in [-0.3, -0.25) is 4.57 Å². The Labute approximate surface area is 137 Å². The Kier molecular flexibility index (Phi) is 5.23. The highest BCUT2D eigenvalue weighted by atomic mass is 31.2. The molecule has 1 saturated heterocycles. The fourth-order valence-corrected chi connectivity index (χ4v) is 3.45. The van der Waals surface area contributed by atoms with Gasteiger partial charge in [-0.15, -0.1) is 0 Å². The summed E-state index contributed by atoms with van der Waals surface area (Å²) in [5, 5.41) is 50.5. The molecule has 1 aliphatic heterocycles. The van der Waals surface area contributed by atoms with Crippen molar-refractivity contribution in [3.8, 4) is 0 Å². The van der Waals surface area contributed by atoms with Crippen LogP contribution in [-0.4, -0.2) is 65.6 Å². The van der Waals surface area contributed by atoms with E-state index in [2.05, 4.69) is 0 Å². The van der Waals surface area contributed by atoms with E-state index in [1.807, 2.05) is 0 Å². The van der Waals surface area contributed by atoms with Crippen molar-refractivity contribution in [2.24, 2.45) is 0 Å². The summed E-state index contributed by atoms with van der Waals surface area (Å²) in [4.78, 5) is 18.2. The van der Waals surface area contributed by atoms with E-state index < -0.39 is 43.6 Å². The highest BCUT2D eigenvalue weighted by molar-refractivity contribution is 7.52. The number of hydrogen-bond donors (Lipinski definition) is 7. The first-order valence-electron chi connectivity index (χ1n) is 7.15. The van der Waals surface area contributed by atoms with Gasteiger partial charge in [0.15, 0.2) is 5.85 Å². The number of aliphatic hydroxyl groups is 5. The molecule has 0 spiro atoms. The van der Waals surface area contributed by atoms with Crippen LogP contribution >= 0.6 is 7.60 Å². The molecule has 136 valence electrons. The molecule has 9 nitrogen and oxygen atoms in total. The Hall–Kier alpha value is -0.870. The van der Waals surface area contributed by atoms with Crippen molar-refractivity contribution in [2.75, 3.05) is 0 Å². The van der Waals surface area contributed by atoms with Crippen LogP contribution in [0.2, 0.25) is 0 Å². The zero-order chi connectivity index (χ0) is 18.4. The minimum Gasteiger partial charge on any atom is -0.387 e. The molecule has 24 heavy (non-hydrogen) atoms. The van der Waals surface area contributed by atoms with Crippen LogP contribution in [0, 0.1) is 13.8 Å². The SMILES string of the molecule is Cc1ccc(C2(O)O[C@H](C(O)P(=O)(O)O)[C@@H](O)[C@H](O)[C@@H]2O)c(C)c1. The second-order valence-electron chi connectivity index (χ2n) is 6.03. The molecule has 10 heteroatoms. The van der Waals surface area contributed by atoms with Crippen LogP contribution < -0.4 is 0 Å². The smallest absolute Gasteiger partial charge is 0.356 e. The van der Waals surface area contributed by atoms with Crippen molar-refractivity contribution in [3.63, 3.8) is 0 Å². The van der Waals surface area contributed by atoms with Crippen LogP contribution in [-0.2, 0) is 15.1 Å². The molecular weight excluding hydrogens is 343 g/mol. The number of hydrogen-bond acceptors (Lipinski definition) is 7. The Morgan fingerprint density at radius 2 is 1.75 bits per heavy atom. The summed E-state index contributed by atoms with van der Waals surface area (Å²) in [6, 6.07) is 4.68. The van der Waals surface area contributed by atoms with E-state index in [1.165, 1.54) is 6.07 Å². The van der Waals surface area contributed by atoms with Crippen LogP contribution in [0.4, 0.5) is 0 Å². The van der Waals surface area contributed by atoms with E-state index in [4.69, 9.17) is 14.5 Å². The third-order valence-corrected chi connectivity index (χ3v) is 5.12. The molecule has 6 atom stereocenters. The van der Waals surface area contributed by atoms with Crippen molar-refractivity contribution in [1.29, 1.82) is 0 Å². The molecule has 0 saturated carbocycles. The quantitative estimate of drug-likeness (QED) is 0.313. The zero-order valence-corrected chi connectivity index (χ0v) is 13.9. The molecule has 1 heterocycles. The normalized spacial score (nSPS) is 35.7. The van der Waals surface area contributed by atoms with Crippen molar-refractivity contribution >= 4 is 7.60 Å². The molecular formula is C14H21O9P. The fourth-order valence-electron chi connectivity index (χ4n) is 2.83. The maximum atomic E-state index is 11.3. The van der Waals surface area contributed by atoms with Gasteiger partial charge < -0.3 is 40.1 Å². The Bertz CT molecular complexity index is 660. The molecule has 7 N–H and O–H groups in total. The van der Waals surface area contributed by atoms with E-state index in [1.54, 1.807) is 26.0 Å². The van der Waals surface area contributed by atoms with Crippen molar-refractivity contribution < 1.29 is 44.6 Å². The summed E-state index contributed by atoms with van der Waals surface area (Å²) in [6.07, 6.45) is -8.05. The van der Waals surface area contributed by atoms with Gasteiger partial charge in [0.2, 0.25) is 5.79 Å². The summed E-state index contributed by atoms with van der Waals surface area (Å²) >= 11 is 0. The van der Waals surface area contributed by atoms with Gasteiger partial charge >= 0.3 is 7.60 Å². The van der Waals surface area contributed by atoms with Gasteiger partial charge in [-0.05, 0) is 19.4 Å². The second kappa shape index (κ2) is 6.45. The molecule has 1 aliphatic rings.